The summed E-state index contributed by atoms with van der Waals surface area (Å²) in [4.78, 5) is 29.3. The Morgan fingerprint density at radius 2 is 2.04 bits per heavy atom. The molecule has 0 radical (unpaired) electrons. The van der Waals surface area contributed by atoms with Gasteiger partial charge < -0.3 is 10.0 Å². The summed E-state index contributed by atoms with van der Waals surface area (Å²) in [5.41, 5.74) is 0.808. The van der Waals surface area contributed by atoms with Crippen LogP contribution in [0.5, 0.6) is 0 Å². The number of halogens is 1. The smallest absolute Gasteiger partial charge is 0.305 e. The summed E-state index contributed by atoms with van der Waals surface area (Å²) in [5, 5.41) is 11.2. The molecular weight excluding hydrogens is 343 g/mol. The first-order valence-electron chi connectivity index (χ1n) is 8.05. The van der Waals surface area contributed by atoms with Crippen molar-refractivity contribution in [1.29, 1.82) is 0 Å². The normalized spacial score (nSPS) is 10.9. The molecular formula is C18H21FN2O3S. The van der Waals surface area contributed by atoms with Crippen molar-refractivity contribution in [1.82, 2.24) is 9.88 Å². The first-order chi connectivity index (χ1) is 11.9. The number of amides is 1. The first-order valence-corrected chi connectivity index (χ1v) is 8.93. The van der Waals surface area contributed by atoms with Crippen LogP contribution in [0.4, 0.5) is 4.39 Å². The number of benzene rings is 1. The minimum absolute atomic E-state index is 0.106. The molecule has 0 fully saturated rings. The topological polar surface area (TPSA) is 70.5 Å². The lowest BCUT2D eigenvalue weighted by Gasteiger charge is -2.23. The van der Waals surface area contributed by atoms with Crippen molar-refractivity contribution in [3.05, 3.63) is 51.7 Å². The van der Waals surface area contributed by atoms with E-state index >= 15 is 0 Å². The van der Waals surface area contributed by atoms with E-state index in [-0.39, 0.29) is 36.3 Å². The van der Waals surface area contributed by atoms with Crippen LogP contribution in [-0.4, -0.2) is 40.0 Å². The Morgan fingerprint density at radius 3 is 2.68 bits per heavy atom. The number of nitrogens with zero attached hydrogens (tertiary/aromatic N) is 2. The summed E-state index contributed by atoms with van der Waals surface area (Å²) in [7, 11) is 0. The summed E-state index contributed by atoms with van der Waals surface area (Å²) in [6, 6.07) is 6.47. The molecule has 1 aromatic carbocycles. The van der Waals surface area contributed by atoms with Crippen molar-refractivity contribution < 1.29 is 19.1 Å². The number of aromatic nitrogens is 1. The molecule has 0 atom stereocenters. The quantitative estimate of drug-likeness (QED) is 0.779. The summed E-state index contributed by atoms with van der Waals surface area (Å²) in [5.74, 6) is -1.31. The molecule has 0 unspecified atom stereocenters. The van der Waals surface area contributed by atoms with Gasteiger partial charge in [0.2, 0.25) is 0 Å². The van der Waals surface area contributed by atoms with Crippen molar-refractivity contribution in [2.45, 2.75) is 26.7 Å². The average molecular weight is 364 g/mol. The van der Waals surface area contributed by atoms with Crippen LogP contribution in [0.1, 0.15) is 41.3 Å². The summed E-state index contributed by atoms with van der Waals surface area (Å²) in [6.07, 6.45) is 0.217. The predicted molar refractivity (Wildman–Crippen MR) is 94.3 cm³/mol. The maximum atomic E-state index is 13.7. The molecule has 2 aromatic rings. The van der Waals surface area contributed by atoms with Crippen molar-refractivity contribution in [2.24, 2.45) is 5.92 Å². The molecule has 0 aliphatic heterocycles. The lowest BCUT2D eigenvalue weighted by Crippen LogP contribution is -2.36. The summed E-state index contributed by atoms with van der Waals surface area (Å²) in [6.45, 7) is 4.54. The number of carbonyl (C=O) groups is 2. The minimum Gasteiger partial charge on any atom is -0.481 e. The van der Waals surface area contributed by atoms with Crippen LogP contribution < -0.4 is 0 Å². The van der Waals surface area contributed by atoms with E-state index in [1.807, 2.05) is 13.8 Å². The minimum atomic E-state index is -0.944. The zero-order chi connectivity index (χ0) is 18.4. The van der Waals surface area contributed by atoms with Crippen LogP contribution in [0, 0.1) is 11.7 Å². The largest absolute Gasteiger partial charge is 0.481 e. The fourth-order valence-electron chi connectivity index (χ4n) is 2.40. The Hall–Kier alpha value is -2.28. The van der Waals surface area contributed by atoms with Gasteiger partial charge in [0, 0.05) is 24.9 Å². The van der Waals surface area contributed by atoms with Gasteiger partial charge in [0.15, 0.2) is 0 Å². The predicted octanol–water partition coefficient (Wildman–Crippen LogP) is 3.45. The van der Waals surface area contributed by atoms with Crippen LogP contribution in [-0.2, 0) is 11.2 Å². The van der Waals surface area contributed by atoms with E-state index in [1.54, 1.807) is 23.6 Å². The van der Waals surface area contributed by atoms with E-state index in [9.17, 15) is 14.0 Å². The van der Waals surface area contributed by atoms with Gasteiger partial charge in [-0.25, -0.2) is 9.37 Å². The van der Waals surface area contributed by atoms with Crippen LogP contribution in [0.25, 0.3) is 0 Å². The van der Waals surface area contributed by atoms with Crippen molar-refractivity contribution in [3.8, 4) is 0 Å². The van der Waals surface area contributed by atoms with Gasteiger partial charge in [-0.15, -0.1) is 11.3 Å². The first kappa shape index (κ1) is 19.1. The highest BCUT2D eigenvalue weighted by molar-refractivity contribution is 7.09. The third kappa shape index (κ3) is 5.63. The molecule has 0 aliphatic carbocycles. The van der Waals surface area contributed by atoms with E-state index in [2.05, 4.69) is 4.98 Å². The van der Waals surface area contributed by atoms with Crippen LogP contribution in [0.3, 0.4) is 0 Å². The summed E-state index contributed by atoms with van der Waals surface area (Å²) < 4.78 is 13.7. The van der Waals surface area contributed by atoms with Crippen LogP contribution in [0.15, 0.2) is 29.6 Å². The molecule has 1 aromatic heterocycles. The molecule has 7 heteroatoms. The Morgan fingerprint density at radius 1 is 1.32 bits per heavy atom. The molecule has 134 valence electrons. The molecule has 1 heterocycles. The van der Waals surface area contributed by atoms with E-state index in [0.29, 0.717) is 23.5 Å². The van der Waals surface area contributed by atoms with Gasteiger partial charge in [-0.2, -0.15) is 0 Å². The van der Waals surface area contributed by atoms with Gasteiger partial charge in [-0.05, 0) is 17.5 Å². The molecule has 2 rings (SSSR count). The van der Waals surface area contributed by atoms with Crippen LogP contribution >= 0.6 is 11.3 Å². The molecule has 0 bridgehead atoms. The number of aliphatic carboxylic acids is 1. The average Bonchev–Trinajstić information content (AvgIpc) is 3.01. The van der Waals surface area contributed by atoms with Crippen LogP contribution in [0.2, 0.25) is 0 Å². The molecule has 0 spiro atoms. The summed E-state index contributed by atoms with van der Waals surface area (Å²) >= 11 is 1.30. The SMILES string of the molecule is CC(C)CN(CCC(=O)O)C(=O)c1csc(Cc2ccccc2F)n1. The Labute approximate surface area is 150 Å². The third-order valence-electron chi connectivity index (χ3n) is 3.54. The fourth-order valence-corrected chi connectivity index (χ4v) is 3.20. The maximum absolute atomic E-state index is 13.7. The molecule has 1 amide bonds. The highest BCUT2D eigenvalue weighted by Gasteiger charge is 2.20. The fraction of sp³-hybridized carbons (Fsp3) is 0.389. The highest BCUT2D eigenvalue weighted by atomic mass is 32.1. The second-order valence-electron chi connectivity index (χ2n) is 6.18. The molecule has 0 aliphatic rings. The lowest BCUT2D eigenvalue weighted by atomic mass is 10.1. The second kappa shape index (κ2) is 8.71. The van der Waals surface area contributed by atoms with E-state index in [4.69, 9.17) is 5.11 Å². The molecule has 25 heavy (non-hydrogen) atoms. The molecule has 0 saturated carbocycles. The van der Waals surface area contributed by atoms with E-state index in [1.165, 1.54) is 22.3 Å². The number of carboxylic acid groups (broad SMARTS) is 1. The van der Waals surface area contributed by atoms with Gasteiger partial charge >= 0.3 is 5.97 Å². The number of hydrogen-bond donors (Lipinski definition) is 1. The zero-order valence-electron chi connectivity index (χ0n) is 14.2. The molecule has 5 nitrogen and oxygen atoms in total. The standard InChI is InChI=1S/C18H21FN2O3S/c1-12(2)10-21(8-7-17(22)23)18(24)15-11-25-16(20-15)9-13-5-3-4-6-14(13)19/h3-6,11-12H,7-10H2,1-2H3,(H,22,23). The second-order valence-corrected chi connectivity index (χ2v) is 7.13. The van der Waals surface area contributed by atoms with Crippen molar-refractivity contribution in [2.75, 3.05) is 13.1 Å². The lowest BCUT2D eigenvalue weighted by molar-refractivity contribution is -0.137. The van der Waals surface area contributed by atoms with E-state index < -0.39 is 5.97 Å². The number of thiazole rings is 1. The van der Waals surface area contributed by atoms with Gasteiger partial charge in [-0.1, -0.05) is 32.0 Å². The molecule has 0 saturated heterocycles. The van der Waals surface area contributed by atoms with E-state index in [0.717, 1.165) is 0 Å². The number of hydrogen-bond acceptors (Lipinski definition) is 4. The maximum Gasteiger partial charge on any atom is 0.305 e. The Bertz CT molecular complexity index is 745. The van der Waals surface area contributed by atoms with Gasteiger partial charge in [0.1, 0.15) is 11.5 Å². The zero-order valence-corrected chi connectivity index (χ0v) is 15.1. The van der Waals surface area contributed by atoms with Crippen molar-refractivity contribution >= 4 is 23.2 Å². The van der Waals surface area contributed by atoms with Gasteiger partial charge in [0.05, 0.1) is 11.4 Å². The third-order valence-corrected chi connectivity index (χ3v) is 4.39. The number of carbonyl (C=O) groups excluding carboxylic acids is 1. The van der Waals surface area contributed by atoms with Gasteiger partial charge in [0.25, 0.3) is 5.91 Å². The van der Waals surface area contributed by atoms with Crippen molar-refractivity contribution in [3.63, 3.8) is 0 Å². The Balaban J connectivity index is 2.11. The van der Waals surface area contributed by atoms with Gasteiger partial charge in [-0.3, -0.25) is 9.59 Å². The number of rotatable bonds is 8. The highest BCUT2D eigenvalue weighted by Crippen LogP contribution is 2.18. The number of carboxylic acids is 1. The monoisotopic (exact) mass is 364 g/mol. The Kier molecular flexibility index (Phi) is 6.64. The molecule has 1 N–H and O–H groups in total.